The van der Waals surface area contributed by atoms with Crippen molar-refractivity contribution in [2.45, 2.75) is 56.3 Å². The topological polar surface area (TPSA) is 81.6 Å². The second-order valence-corrected chi connectivity index (χ2v) is 9.88. The van der Waals surface area contributed by atoms with Gasteiger partial charge >= 0.3 is 6.18 Å². The molecular formula is C25H29F4N5O2. The van der Waals surface area contributed by atoms with Crippen molar-refractivity contribution in [2.24, 2.45) is 0 Å². The average Bonchev–Trinajstić information content (AvgIpc) is 3.47. The second-order valence-electron chi connectivity index (χ2n) is 9.88. The minimum Gasteiger partial charge on any atom is -0.387 e. The number of carbonyl (C=O) groups is 1. The van der Waals surface area contributed by atoms with E-state index < -0.39 is 29.6 Å². The van der Waals surface area contributed by atoms with E-state index in [-0.39, 0.29) is 23.4 Å². The molecule has 2 aliphatic heterocycles. The van der Waals surface area contributed by atoms with E-state index in [9.17, 15) is 27.5 Å². The van der Waals surface area contributed by atoms with Crippen molar-refractivity contribution in [2.75, 3.05) is 37.6 Å². The van der Waals surface area contributed by atoms with Gasteiger partial charge in [-0.05, 0) is 49.4 Å². The smallest absolute Gasteiger partial charge is 0.387 e. The van der Waals surface area contributed by atoms with Crippen molar-refractivity contribution in [3.05, 3.63) is 52.7 Å². The predicted molar refractivity (Wildman–Crippen MR) is 124 cm³/mol. The molecule has 1 aromatic heterocycles. The van der Waals surface area contributed by atoms with Gasteiger partial charge in [0, 0.05) is 37.8 Å². The Labute approximate surface area is 206 Å². The largest absolute Gasteiger partial charge is 0.419 e. The maximum Gasteiger partial charge on any atom is 0.419 e. The number of rotatable bonds is 4. The van der Waals surface area contributed by atoms with Crippen LogP contribution in [-0.4, -0.2) is 64.6 Å². The SMILES string of the molecule is C[C@@H]1C[C@H](O)c2ncnc(N3CCN(C(=O)C(c4ccc(C(F)(F)F)c(F)c4)C4CCCN4)CC3)c21. The highest BCUT2D eigenvalue weighted by molar-refractivity contribution is 5.85. The lowest BCUT2D eigenvalue weighted by Gasteiger charge is -2.39. The van der Waals surface area contributed by atoms with Gasteiger partial charge in [-0.3, -0.25) is 4.79 Å². The maximum atomic E-state index is 14.4. The quantitative estimate of drug-likeness (QED) is 0.618. The lowest BCUT2D eigenvalue weighted by molar-refractivity contribution is -0.140. The van der Waals surface area contributed by atoms with Gasteiger partial charge in [-0.25, -0.2) is 14.4 Å². The normalized spacial score (nSPS) is 25.2. The van der Waals surface area contributed by atoms with E-state index >= 15 is 0 Å². The summed E-state index contributed by atoms with van der Waals surface area (Å²) in [5.41, 5.74) is 0.520. The number of hydrogen-bond donors (Lipinski definition) is 2. The number of nitrogens with zero attached hydrogens (tertiary/aromatic N) is 4. The van der Waals surface area contributed by atoms with Gasteiger partial charge in [0.25, 0.3) is 0 Å². The summed E-state index contributed by atoms with van der Waals surface area (Å²) >= 11 is 0. The third kappa shape index (κ3) is 4.54. The Bertz CT molecular complexity index is 1130. The van der Waals surface area contributed by atoms with E-state index in [2.05, 4.69) is 20.2 Å². The minimum atomic E-state index is -4.79. The van der Waals surface area contributed by atoms with Crippen LogP contribution in [-0.2, 0) is 11.0 Å². The first-order chi connectivity index (χ1) is 17.1. The zero-order valence-electron chi connectivity index (χ0n) is 19.9. The highest BCUT2D eigenvalue weighted by Crippen LogP contribution is 2.43. The standard InChI is InChI=1S/C25H29F4N5O2/c1-14-11-19(35)22-20(14)23(32-13-31-22)33-7-9-34(10-8-33)24(36)21(18-3-2-6-30-18)15-4-5-16(17(26)12-15)25(27,28)29/h4-5,12-14,18-19,21,30,35H,2-3,6-11H2,1H3/t14-,18?,19+,21?/m1/s1. The number of halogens is 4. The molecule has 2 saturated heterocycles. The van der Waals surface area contributed by atoms with Crippen LogP contribution in [0.4, 0.5) is 23.4 Å². The van der Waals surface area contributed by atoms with Crippen molar-refractivity contribution in [3.63, 3.8) is 0 Å². The summed E-state index contributed by atoms with van der Waals surface area (Å²) in [6.45, 7) is 4.58. The molecule has 1 aliphatic carbocycles. The number of amides is 1. The van der Waals surface area contributed by atoms with Crippen LogP contribution < -0.4 is 10.2 Å². The zero-order valence-corrected chi connectivity index (χ0v) is 19.9. The number of carbonyl (C=O) groups excluding carboxylic acids is 1. The molecule has 1 aromatic carbocycles. The number of anilines is 1. The molecule has 0 spiro atoms. The molecule has 2 fully saturated rings. The van der Waals surface area contributed by atoms with Gasteiger partial charge in [-0.2, -0.15) is 13.2 Å². The number of benzene rings is 1. The highest BCUT2D eigenvalue weighted by Gasteiger charge is 2.39. The predicted octanol–water partition coefficient (Wildman–Crippen LogP) is 3.36. The maximum absolute atomic E-state index is 14.4. The van der Waals surface area contributed by atoms with E-state index in [0.29, 0.717) is 51.3 Å². The van der Waals surface area contributed by atoms with Crippen LogP contribution in [0.1, 0.15) is 66.5 Å². The van der Waals surface area contributed by atoms with Gasteiger partial charge in [0.1, 0.15) is 18.0 Å². The second kappa shape index (κ2) is 9.59. The van der Waals surface area contributed by atoms with Crippen molar-refractivity contribution >= 4 is 11.7 Å². The third-order valence-electron chi connectivity index (χ3n) is 7.59. The van der Waals surface area contributed by atoms with Gasteiger partial charge in [0.15, 0.2) is 0 Å². The summed E-state index contributed by atoms with van der Waals surface area (Å²) < 4.78 is 53.6. The number of aliphatic hydroxyl groups is 1. The Morgan fingerprint density at radius 2 is 1.94 bits per heavy atom. The first-order valence-corrected chi connectivity index (χ1v) is 12.3. The fourth-order valence-electron chi connectivity index (χ4n) is 5.79. The number of aromatic nitrogens is 2. The molecule has 11 heteroatoms. The lowest BCUT2D eigenvalue weighted by atomic mass is 9.88. The fraction of sp³-hybridized carbons (Fsp3) is 0.560. The Balaban J connectivity index is 1.35. The molecule has 0 radical (unpaired) electrons. The van der Waals surface area contributed by atoms with Crippen LogP contribution in [0.3, 0.4) is 0 Å². The van der Waals surface area contributed by atoms with Crippen molar-refractivity contribution in [3.8, 4) is 0 Å². The molecule has 2 aromatic rings. The highest BCUT2D eigenvalue weighted by atomic mass is 19.4. The van der Waals surface area contributed by atoms with Crippen LogP contribution in [0, 0.1) is 5.82 Å². The third-order valence-corrected chi connectivity index (χ3v) is 7.59. The molecule has 2 N–H and O–H groups in total. The molecule has 5 rings (SSSR count). The van der Waals surface area contributed by atoms with Gasteiger partial charge < -0.3 is 20.2 Å². The first-order valence-electron chi connectivity index (χ1n) is 12.3. The molecule has 0 saturated carbocycles. The fourth-order valence-corrected chi connectivity index (χ4v) is 5.79. The summed E-state index contributed by atoms with van der Waals surface area (Å²) in [6.07, 6.45) is -1.82. The number of piperazine rings is 1. The number of fused-ring (bicyclic) bond motifs is 1. The van der Waals surface area contributed by atoms with E-state index in [0.717, 1.165) is 29.9 Å². The minimum absolute atomic E-state index is 0.123. The molecular weight excluding hydrogens is 478 g/mol. The van der Waals surface area contributed by atoms with E-state index in [1.54, 1.807) is 4.90 Å². The van der Waals surface area contributed by atoms with E-state index in [1.165, 1.54) is 12.4 Å². The van der Waals surface area contributed by atoms with Crippen LogP contribution in [0.5, 0.6) is 0 Å². The molecule has 3 heterocycles. The molecule has 3 aliphatic rings. The van der Waals surface area contributed by atoms with E-state index in [4.69, 9.17) is 0 Å². The van der Waals surface area contributed by atoms with Crippen molar-refractivity contribution in [1.82, 2.24) is 20.2 Å². The Kier molecular flexibility index (Phi) is 6.63. The van der Waals surface area contributed by atoms with Gasteiger partial charge in [-0.1, -0.05) is 13.0 Å². The Hall–Kier alpha value is -2.79. The average molecular weight is 508 g/mol. The molecule has 2 unspecified atom stereocenters. The Morgan fingerprint density at radius 1 is 1.19 bits per heavy atom. The van der Waals surface area contributed by atoms with Crippen LogP contribution in [0.15, 0.2) is 24.5 Å². The molecule has 194 valence electrons. The van der Waals surface area contributed by atoms with Gasteiger partial charge in [0.05, 0.1) is 23.3 Å². The van der Waals surface area contributed by atoms with Crippen LogP contribution >= 0.6 is 0 Å². The number of aliphatic hydroxyl groups excluding tert-OH is 1. The number of alkyl halides is 3. The van der Waals surface area contributed by atoms with E-state index in [1.807, 2.05) is 6.92 Å². The lowest BCUT2D eigenvalue weighted by Crippen LogP contribution is -2.52. The molecule has 7 nitrogen and oxygen atoms in total. The van der Waals surface area contributed by atoms with Crippen molar-refractivity contribution in [1.29, 1.82) is 0 Å². The van der Waals surface area contributed by atoms with Crippen LogP contribution in [0.25, 0.3) is 0 Å². The Morgan fingerprint density at radius 3 is 2.58 bits per heavy atom. The molecule has 4 atom stereocenters. The number of nitrogens with one attached hydrogen (secondary N) is 1. The van der Waals surface area contributed by atoms with Crippen LogP contribution in [0.2, 0.25) is 0 Å². The van der Waals surface area contributed by atoms with Gasteiger partial charge in [-0.15, -0.1) is 0 Å². The monoisotopic (exact) mass is 507 g/mol. The summed E-state index contributed by atoms with van der Waals surface area (Å²) in [5.74, 6) is -1.46. The molecule has 0 bridgehead atoms. The van der Waals surface area contributed by atoms with Crippen molar-refractivity contribution < 1.29 is 27.5 Å². The summed E-state index contributed by atoms with van der Waals surface area (Å²) in [6, 6.07) is 2.54. The first kappa shape index (κ1) is 24.9. The number of hydrogen-bond acceptors (Lipinski definition) is 6. The molecule has 1 amide bonds. The zero-order chi connectivity index (χ0) is 25.6. The summed E-state index contributed by atoms with van der Waals surface area (Å²) in [7, 11) is 0. The molecule has 36 heavy (non-hydrogen) atoms. The van der Waals surface area contributed by atoms with Gasteiger partial charge in [0.2, 0.25) is 5.91 Å². The summed E-state index contributed by atoms with van der Waals surface area (Å²) in [4.78, 5) is 26.2. The summed E-state index contributed by atoms with van der Waals surface area (Å²) in [5, 5.41) is 13.6.